The van der Waals surface area contributed by atoms with Gasteiger partial charge in [0.25, 0.3) is 0 Å². The van der Waals surface area contributed by atoms with Crippen molar-refractivity contribution in [3.63, 3.8) is 0 Å². The van der Waals surface area contributed by atoms with E-state index < -0.39 is 0 Å². The Morgan fingerprint density at radius 2 is 1.95 bits per heavy atom. The zero-order valence-corrected chi connectivity index (χ0v) is 14.8. The second-order valence-electron chi connectivity index (χ2n) is 7.37. The second kappa shape index (κ2) is 5.91. The summed E-state index contributed by atoms with van der Waals surface area (Å²) in [4.78, 5) is 0. The van der Waals surface area contributed by atoms with Crippen LogP contribution < -0.4 is 5.32 Å². The molecule has 1 aromatic carbocycles. The van der Waals surface area contributed by atoms with Gasteiger partial charge in [0.1, 0.15) is 0 Å². The molecule has 2 atom stereocenters. The van der Waals surface area contributed by atoms with Crippen molar-refractivity contribution >= 4 is 11.6 Å². The molecule has 2 unspecified atom stereocenters. The molecule has 0 saturated carbocycles. The van der Waals surface area contributed by atoms with Crippen molar-refractivity contribution in [2.75, 3.05) is 6.54 Å². The van der Waals surface area contributed by atoms with Crippen molar-refractivity contribution in [2.45, 2.75) is 65.2 Å². The lowest BCUT2D eigenvalue weighted by Crippen LogP contribution is -2.38. The molecule has 0 amide bonds. The van der Waals surface area contributed by atoms with Crippen molar-refractivity contribution in [1.29, 1.82) is 0 Å². The summed E-state index contributed by atoms with van der Waals surface area (Å²) in [5.74, 6) is 0.422. The molecule has 3 heteroatoms. The maximum absolute atomic E-state index is 6.29. The maximum atomic E-state index is 6.29. The minimum atomic E-state index is -0.146. The maximum Gasteiger partial charge on any atom is 0.0681 e. The molecule has 1 saturated heterocycles. The summed E-state index contributed by atoms with van der Waals surface area (Å²) in [6.45, 7) is 13.9. The highest BCUT2D eigenvalue weighted by Gasteiger charge is 2.49. The minimum absolute atomic E-state index is 0.0740. The SMILES string of the molecule is CCNC(c1cc(C)cc(Cl)c1)C1CC(C)(C)OC1(C)C. The first-order valence-electron chi connectivity index (χ1n) is 7.85. The number of hydrogen-bond acceptors (Lipinski definition) is 2. The van der Waals surface area contributed by atoms with Crippen molar-refractivity contribution in [3.05, 3.63) is 34.3 Å². The van der Waals surface area contributed by atoms with Crippen LogP contribution in [0.15, 0.2) is 18.2 Å². The number of ether oxygens (including phenoxy) is 1. The average molecular weight is 310 g/mol. The van der Waals surface area contributed by atoms with Crippen LogP contribution >= 0.6 is 11.6 Å². The van der Waals surface area contributed by atoms with Gasteiger partial charge >= 0.3 is 0 Å². The van der Waals surface area contributed by atoms with Crippen molar-refractivity contribution in [2.24, 2.45) is 5.92 Å². The van der Waals surface area contributed by atoms with E-state index in [0.717, 1.165) is 18.0 Å². The first-order valence-corrected chi connectivity index (χ1v) is 8.23. The molecule has 2 rings (SSSR count). The van der Waals surface area contributed by atoms with Crippen molar-refractivity contribution in [3.8, 4) is 0 Å². The van der Waals surface area contributed by atoms with E-state index in [-0.39, 0.29) is 17.2 Å². The van der Waals surface area contributed by atoms with Gasteiger partial charge in [-0.2, -0.15) is 0 Å². The number of hydrogen-bond donors (Lipinski definition) is 1. The van der Waals surface area contributed by atoms with E-state index in [1.165, 1.54) is 11.1 Å². The standard InChI is InChI=1S/C18H28ClNO/c1-7-20-16(13-8-12(2)9-14(19)10-13)15-11-17(3,4)21-18(15,5)6/h8-10,15-16,20H,7,11H2,1-6H3. The second-order valence-corrected chi connectivity index (χ2v) is 7.81. The highest BCUT2D eigenvalue weighted by atomic mass is 35.5. The fourth-order valence-electron chi connectivity index (χ4n) is 3.78. The van der Waals surface area contributed by atoms with Gasteiger partial charge in [-0.05, 0) is 70.8 Å². The molecule has 0 bridgehead atoms. The molecule has 118 valence electrons. The number of benzene rings is 1. The Morgan fingerprint density at radius 3 is 2.43 bits per heavy atom. The third-order valence-corrected chi connectivity index (χ3v) is 4.61. The quantitative estimate of drug-likeness (QED) is 0.854. The number of halogens is 1. The van der Waals surface area contributed by atoms with Gasteiger partial charge in [-0.15, -0.1) is 0 Å². The first-order chi connectivity index (χ1) is 9.64. The predicted molar refractivity (Wildman–Crippen MR) is 90.0 cm³/mol. The molecule has 0 aliphatic carbocycles. The molecule has 1 aliphatic heterocycles. The smallest absolute Gasteiger partial charge is 0.0681 e. The van der Waals surface area contributed by atoms with E-state index in [4.69, 9.17) is 16.3 Å². The Balaban J connectivity index is 2.39. The van der Waals surface area contributed by atoms with E-state index in [0.29, 0.717) is 5.92 Å². The fraction of sp³-hybridized carbons (Fsp3) is 0.667. The molecule has 1 heterocycles. The zero-order valence-electron chi connectivity index (χ0n) is 14.1. The molecule has 1 aromatic rings. The van der Waals surface area contributed by atoms with Crippen molar-refractivity contribution in [1.82, 2.24) is 5.32 Å². The summed E-state index contributed by atoms with van der Waals surface area (Å²) in [5.41, 5.74) is 2.25. The largest absolute Gasteiger partial charge is 0.369 e. The third kappa shape index (κ3) is 3.80. The average Bonchev–Trinajstić information content (AvgIpc) is 2.52. The van der Waals surface area contributed by atoms with Crippen LogP contribution in [0.2, 0.25) is 5.02 Å². The van der Waals surface area contributed by atoms with E-state index in [2.05, 4.69) is 59.0 Å². The molecule has 1 fully saturated rings. The Morgan fingerprint density at radius 1 is 1.29 bits per heavy atom. The van der Waals surface area contributed by atoms with Crippen LogP contribution in [0.25, 0.3) is 0 Å². The number of aryl methyl sites for hydroxylation is 1. The van der Waals surface area contributed by atoms with Gasteiger partial charge in [-0.1, -0.05) is 24.6 Å². The van der Waals surface area contributed by atoms with Gasteiger partial charge in [0.2, 0.25) is 0 Å². The summed E-state index contributed by atoms with van der Waals surface area (Å²) in [6.07, 6.45) is 1.04. The topological polar surface area (TPSA) is 21.3 Å². The van der Waals surface area contributed by atoms with E-state index in [1.54, 1.807) is 0 Å². The molecule has 0 radical (unpaired) electrons. The number of nitrogens with one attached hydrogen (secondary N) is 1. The zero-order chi connectivity index (χ0) is 15.8. The minimum Gasteiger partial charge on any atom is -0.369 e. The Bertz CT molecular complexity index is 490. The van der Waals surface area contributed by atoms with E-state index >= 15 is 0 Å². The summed E-state index contributed by atoms with van der Waals surface area (Å²) >= 11 is 6.27. The molecular weight excluding hydrogens is 282 g/mol. The van der Waals surface area contributed by atoms with Crippen LogP contribution in [0, 0.1) is 12.8 Å². The molecule has 0 spiro atoms. The van der Waals surface area contributed by atoms with Crippen LogP contribution in [0.1, 0.15) is 58.2 Å². The summed E-state index contributed by atoms with van der Waals surface area (Å²) < 4.78 is 6.29. The van der Waals surface area contributed by atoms with Crippen LogP contribution in [0.3, 0.4) is 0 Å². The van der Waals surface area contributed by atoms with Gasteiger partial charge in [0, 0.05) is 17.0 Å². The van der Waals surface area contributed by atoms with E-state index in [9.17, 15) is 0 Å². The first kappa shape index (κ1) is 16.8. The predicted octanol–water partition coefficient (Wildman–Crippen LogP) is 4.89. The van der Waals surface area contributed by atoms with Crippen LogP contribution in [0.4, 0.5) is 0 Å². The van der Waals surface area contributed by atoms with E-state index in [1.807, 2.05) is 6.07 Å². The lowest BCUT2D eigenvalue weighted by molar-refractivity contribution is -0.0778. The summed E-state index contributed by atoms with van der Waals surface area (Å²) in [6, 6.07) is 6.60. The highest BCUT2D eigenvalue weighted by Crippen LogP contribution is 2.47. The normalized spacial score (nSPS) is 25.0. The van der Waals surface area contributed by atoms with Crippen LogP contribution in [-0.2, 0) is 4.74 Å². The molecule has 21 heavy (non-hydrogen) atoms. The Kier molecular flexibility index (Phi) is 4.72. The lowest BCUT2D eigenvalue weighted by Gasteiger charge is -2.34. The van der Waals surface area contributed by atoms with Crippen LogP contribution in [0.5, 0.6) is 0 Å². The molecular formula is C18H28ClNO. The van der Waals surface area contributed by atoms with Crippen LogP contribution in [-0.4, -0.2) is 17.7 Å². The van der Waals surface area contributed by atoms with Gasteiger partial charge < -0.3 is 10.1 Å². The third-order valence-electron chi connectivity index (χ3n) is 4.39. The van der Waals surface area contributed by atoms with Gasteiger partial charge in [-0.25, -0.2) is 0 Å². The molecule has 2 nitrogen and oxygen atoms in total. The summed E-state index contributed by atoms with van der Waals surface area (Å²) in [7, 11) is 0. The lowest BCUT2D eigenvalue weighted by atomic mass is 9.78. The molecule has 0 aromatic heterocycles. The number of rotatable bonds is 4. The Labute approximate surface area is 134 Å². The molecule has 1 N–H and O–H groups in total. The highest BCUT2D eigenvalue weighted by molar-refractivity contribution is 6.30. The van der Waals surface area contributed by atoms with Gasteiger partial charge in [-0.3, -0.25) is 0 Å². The fourth-order valence-corrected chi connectivity index (χ4v) is 4.08. The monoisotopic (exact) mass is 309 g/mol. The molecule has 1 aliphatic rings. The summed E-state index contributed by atoms with van der Waals surface area (Å²) in [5, 5.41) is 4.46. The van der Waals surface area contributed by atoms with Gasteiger partial charge in [0.05, 0.1) is 11.2 Å². The van der Waals surface area contributed by atoms with Gasteiger partial charge in [0.15, 0.2) is 0 Å². The van der Waals surface area contributed by atoms with Crippen molar-refractivity contribution < 1.29 is 4.74 Å². The Hall–Kier alpha value is -0.570.